The molecule has 8 heteroatoms. The molecule has 0 unspecified atom stereocenters. The van der Waals surface area contributed by atoms with E-state index in [0.717, 1.165) is 0 Å². The molecule has 114 valence electrons. The molecule has 1 amide bonds. The number of nitrogens with zero attached hydrogens (tertiary/aromatic N) is 2. The Bertz CT molecular complexity index is 546. The first-order valence-corrected chi connectivity index (χ1v) is 7.91. The van der Waals surface area contributed by atoms with Crippen molar-refractivity contribution in [1.82, 2.24) is 9.97 Å². The third kappa shape index (κ3) is 3.63. The molecule has 0 aromatic carbocycles. The van der Waals surface area contributed by atoms with Crippen LogP contribution in [0.4, 0.5) is 5.82 Å². The van der Waals surface area contributed by atoms with Crippen LogP contribution in [-0.2, 0) is 9.53 Å². The minimum Gasteiger partial charge on any atom is -0.462 e. The second-order valence-electron chi connectivity index (χ2n) is 4.75. The minimum absolute atomic E-state index is 0.0836. The van der Waals surface area contributed by atoms with Crippen LogP contribution in [0.15, 0.2) is 11.4 Å². The van der Waals surface area contributed by atoms with Gasteiger partial charge in [-0.15, -0.1) is 0 Å². The number of amides is 1. The molecule has 7 nitrogen and oxygen atoms in total. The number of primary amides is 1. The summed E-state index contributed by atoms with van der Waals surface area (Å²) >= 11 is 1.39. The van der Waals surface area contributed by atoms with Gasteiger partial charge in [0.05, 0.1) is 6.61 Å². The van der Waals surface area contributed by atoms with Gasteiger partial charge in [0.1, 0.15) is 11.4 Å². The molecular weight excluding hydrogens is 292 g/mol. The topological polar surface area (TPSA) is 107 Å². The van der Waals surface area contributed by atoms with Crippen molar-refractivity contribution < 1.29 is 14.3 Å². The lowest BCUT2D eigenvalue weighted by atomic mass is 9.80. The molecule has 1 aliphatic rings. The molecule has 0 atom stereocenters. The van der Waals surface area contributed by atoms with Crippen molar-refractivity contribution in [2.24, 2.45) is 11.7 Å². The Labute approximate surface area is 127 Å². The summed E-state index contributed by atoms with van der Waals surface area (Å²) in [5, 5.41) is 3.74. The van der Waals surface area contributed by atoms with Gasteiger partial charge >= 0.3 is 5.97 Å². The number of thioether (sulfide) groups is 1. The standard InChI is InChI=1S/C13H18N4O3S/c1-3-20-12(19)9-6-15-13(21-2)17-11(9)16-8-4-7(5-8)10(14)18/h6-8H,3-5H2,1-2H3,(H2,14,18)(H,15,16,17)/t7-,8+. The molecule has 21 heavy (non-hydrogen) atoms. The molecular formula is C13H18N4O3S. The predicted octanol–water partition coefficient (Wildman–Crippen LogP) is 1.05. The van der Waals surface area contributed by atoms with Crippen LogP contribution in [0.5, 0.6) is 0 Å². The fraction of sp³-hybridized carbons (Fsp3) is 0.538. The Morgan fingerprint density at radius 2 is 2.24 bits per heavy atom. The van der Waals surface area contributed by atoms with Gasteiger partial charge in [0.15, 0.2) is 5.16 Å². The molecule has 1 aliphatic carbocycles. The number of carbonyl (C=O) groups excluding carboxylic acids is 2. The third-order valence-corrected chi connectivity index (χ3v) is 3.89. The summed E-state index contributed by atoms with van der Waals surface area (Å²) in [6, 6.07) is 0.0836. The number of nitrogens with two attached hydrogens (primary N) is 1. The molecule has 0 bridgehead atoms. The quantitative estimate of drug-likeness (QED) is 0.459. The molecule has 0 aliphatic heterocycles. The Balaban J connectivity index is 2.12. The molecule has 1 saturated carbocycles. The Morgan fingerprint density at radius 1 is 1.52 bits per heavy atom. The highest BCUT2D eigenvalue weighted by Crippen LogP contribution is 2.30. The van der Waals surface area contributed by atoms with E-state index < -0.39 is 5.97 Å². The lowest BCUT2D eigenvalue weighted by molar-refractivity contribution is -0.124. The van der Waals surface area contributed by atoms with Crippen molar-refractivity contribution in [3.8, 4) is 0 Å². The maximum Gasteiger partial charge on any atom is 0.343 e. The number of nitrogens with one attached hydrogen (secondary N) is 1. The van der Waals surface area contributed by atoms with E-state index in [1.54, 1.807) is 6.92 Å². The average Bonchev–Trinajstić information content (AvgIpc) is 2.41. The van der Waals surface area contributed by atoms with E-state index >= 15 is 0 Å². The lowest BCUT2D eigenvalue weighted by Crippen LogP contribution is -2.42. The summed E-state index contributed by atoms with van der Waals surface area (Å²) in [6.07, 6.45) is 4.62. The maximum absolute atomic E-state index is 11.9. The third-order valence-electron chi connectivity index (χ3n) is 3.33. The van der Waals surface area contributed by atoms with Gasteiger partial charge in [-0.2, -0.15) is 0 Å². The molecule has 0 saturated heterocycles. The number of anilines is 1. The highest BCUT2D eigenvalue weighted by atomic mass is 32.2. The van der Waals surface area contributed by atoms with E-state index in [1.165, 1.54) is 18.0 Å². The van der Waals surface area contributed by atoms with Gasteiger partial charge < -0.3 is 15.8 Å². The van der Waals surface area contributed by atoms with Gasteiger partial charge in [-0.25, -0.2) is 14.8 Å². The second kappa shape index (κ2) is 6.75. The maximum atomic E-state index is 11.9. The smallest absolute Gasteiger partial charge is 0.343 e. The van der Waals surface area contributed by atoms with Crippen molar-refractivity contribution in [1.29, 1.82) is 0 Å². The summed E-state index contributed by atoms with van der Waals surface area (Å²) in [4.78, 5) is 31.3. The van der Waals surface area contributed by atoms with Crippen LogP contribution in [0, 0.1) is 5.92 Å². The zero-order chi connectivity index (χ0) is 15.4. The van der Waals surface area contributed by atoms with Crippen molar-refractivity contribution in [3.05, 3.63) is 11.8 Å². The van der Waals surface area contributed by atoms with Crippen LogP contribution in [0.2, 0.25) is 0 Å². The summed E-state index contributed by atoms with van der Waals surface area (Å²) in [6.45, 7) is 2.03. The highest BCUT2D eigenvalue weighted by Gasteiger charge is 2.34. The van der Waals surface area contributed by atoms with Gasteiger partial charge in [-0.3, -0.25) is 4.79 Å². The first-order chi connectivity index (χ1) is 10.0. The lowest BCUT2D eigenvalue weighted by Gasteiger charge is -2.34. The first-order valence-electron chi connectivity index (χ1n) is 6.69. The van der Waals surface area contributed by atoms with Crippen molar-refractivity contribution in [2.45, 2.75) is 31.0 Å². The van der Waals surface area contributed by atoms with Crippen molar-refractivity contribution in [3.63, 3.8) is 0 Å². The van der Waals surface area contributed by atoms with E-state index in [0.29, 0.717) is 29.4 Å². The number of hydrogen-bond acceptors (Lipinski definition) is 7. The van der Waals surface area contributed by atoms with Crippen LogP contribution in [-0.4, -0.2) is 40.7 Å². The minimum atomic E-state index is -0.460. The fourth-order valence-electron chi connectivity index (χ4n) is 2.09. The van der Waals surface area contributed by atoms with Crippen LogP contribution in [0.1, 0.15) is 30.1 Å². The molecule has 1 fully saturated rings. The summed E-state index contributed by atoms with van der Waals surface area (Å²) in [7, 11) is 0. The summed E-state index contributed by atoms with van der Waals surface area (Å²) in [5.74, 6) is -0.402. The SMILES string of the molecule is CCOC(=O)c1cnc(SC)nc1N[C@H]1C[C@@H](C(N)=O)C1. The number of ether oxygens (including phenoxy) is 1. The average molecular weight is 310 g/mol. The zero-order valence-corrected chi connectivity index (χ0v) is 12.8. The molecule has 1 aromatic heterocycles. The molecule has 2 rings (SSSR count). The van der Waals surface area contributed by atoms with Gasteiger partial charge in [0, 0.05) is 18.2 Å². The Morgan fingerprint density at radius 3 is 2.81 bits per heavy atom. The summed E-state index contributed by atoms with van der Waals surface area (Å²) < 4.78 is 4.99. The second-order valence-corrected chi connectivity index (χ2v) is 5.52. The molecule has 0 spiro atoms. The summed E-state index contributed by atoms with van der Waals surface area (Å²) in [5.41, 5.74) is 5.55. The molecule has 1 heterocycles. The van der Waals surface area contributed by atoms with Gasteiger partial charge in [-0.1, -0.05) is 11.8 Å². The van der Waals surface area contributed by atoms with E-state index in [9.17, 15) is 9.59 Å². The molecule has 3 N–H and O–H groups in total. The van der Waals surface area contributed by atoms with Gasteiger partial charge in [-0.05, 0) is 26.0 Å². The predicted molar refractivity (Wildman–Crippen MR) is 79.1 cm³/mol. The molecule has 1 aromatic rings. The largest absolute Gasteiger partial charge is 0.462 e. The molecule has 0 radical (unpaired) electrons. The number of rotatable bonds is 6. The number of esters is 1. The number of carbonyl (C=O) groups is 2. The normalized spacial score (nSPS) is 20.5. The highest BCUT2D eigenvalue weighted by molar-refractivity contribution is 7.98. The van der Waals surface area contributed by atoms with E-state index in [2.05, 4.69) is 15.3 Å². The first kappa shape index (κ1) is 15.6. The van der Waals surface area contributed by atoms with E-state index in [4.69, 9.17) is 10.5 Å². The van der Waals surface area contributed by atoms with Crippen LogP contribution < -0.4 is 11.1 Å². The van der Waals surface area contributed by atoms with Crippen molar-refractivity contribution >= 4 is 29.5 Å². The Hall–Kier alpha value is -1.83. The monoisotopic (exact) mass is 310 g/mol. The number of hydrogen-bond donors (Lipinski definition) is 2. The fourth-order valence-corrected chi connectivity index (χ4v) is 2.43. The van der Waals surface area contributed by atoms with E-state index in [1.807, 2.05) is 6.26 Å². The van der Waals surface area contributed by atoms with Crippen LogP contribution >= 0.6 is 11.8 Å². The Kier molecular flexibility index (Phi) is 5.00. The van der Waals surface area contributed by atoms with Gasteiger partial charge in [0.25, 0.3) is 0 Å². The van der Waals surface area contributed by atoms with Crippen molar-refractivity contribution in [2.75, 3.05) is 18.2 Å². The van der Waals surface area contributed by atoms with E-state index in [-0.39, 0.29) is 24.5 Å². The van der Waals surface area contributed by atoms with Crippen LogP contribution in [0.25, 0.3) is 0 Å². The van der Waals surface area contributed by atoms with Gasteiger partial charge in [0.2, 0.25) is 5.91 Å². The zero-order valence-electron chi connectivity index (χ0n) is 12.0. The van der Waals surface area contributed by atoms with Crippen LogP contribution in [0.3, 0.4) is 0 Å². The number of aromatic nitrogens is 2.